The SMILES string of the molecule is CC.CCC(=O)O.CCCN(CCN(CCN(CC[C@H](C)CC)CC(=O)O)CC(=O)NCc1cc(C)cc(C2=NNC=NN2)c1)CC(=O)O. The number of benzene rings is 1. The Morgan fingerprint density at radius 3 is 1.84 bits per heavy atom. The van der Waals surface area contributed by atoms with Gasteiger partial charge >= 0.3 is 17.9 Å². The zero-order valence-corrected chi connectivity index (χ0v) is 30.5. The fraction of sp³-hybridized carbons (Fsp3) is 0.647. The maximum Gasteiger partial charge on any atom is 0.317 e. The fourth-order valence-electron chi connectivity index (χ4n) is 4.61. The monoisotopic (exact) mass is 692 g/mol. The summed E-state index contributed by atoms with van der Waals surface area (Å²) >= 11 is 0. The van der Waals surface area contributed by atoms with Gasteiger partial charge in [-0.2, -0.15) is 10.2 Å². The highest BCUT2D eigenvalue weighted by molar-refractivity contribution is 6.00. The van der Waals surface area contributed by atoms with Crippen LogP contribution in [0.25, 0.3) is 0 Å². The van der Waals surface area contributed by atoms with Crippen molar-refractivity contribution in [2.75, 3.05) is 58.9 Å². The molecule has 278 valence electrons. The minimum Gasteiger partial charge on any atom is -0.481 e. The zero-order chi connectivity index (χ0) is 37.2. The molecular formula is C34H60N8O7. The van der Waals surface area contributed by atoms with Crippen LogP contribution in [0.1, 0.15) is 83.9 Å². The Hall–Kier alpha value is -4.08. The van der Waals surface area contributed by atoms with Gasteiger partial charge in [0.2, 0.25) is 5.91 Å². The van der Waals surface area contributed by atoms with Crippen molar-refractivity contribution in [3.8, 4) is 0 Å². The van der Waals surface area contributed by atoms with Crippen LogP contribution < -0.4 is 16.2 Å². The first-order valence-corrected chi connectivity index (χ1v) is 17.2. The molecule has 0 radical (unpaired) electrons. The van der Waals surface area contributed by atoms with Gasteiger partial charge in [-0.25, -0.2) is 0 Å². The van der Waals surface area contributed by atoms with Gasteiger partial charge in [0.05, 0.1) is 19.6 Å². The summed E-state index contributed by atoms with van der Waals surface area (Å²) in [6, 6.07) is 5.91. The minimum absolute atomic E-state index is 0.0614. The number of hydrogen-bond acceptors (Lipinski definition) is 11. The molecule has 1 aliphatic rings. The van der Waals surface area contributed by atoms with Gasteiger partial charge < -0.3 is 20.6 Å². The number of nitrogens with zero attached hydrogens (tertiary/aromatic N) is 5. The Kier molecular flexibility index (Phi) is 24.6. The molecule has 1 heterocycles. The summed E-state index contributed by atoms with van der Waals surface area (Å²) in [5.41, 5.74) is 8.35. The van der Waals surface area contributed by atoms with Crippen LogP contribution in [0.3, 0.4) is 0 Å². The second kappa shape index (κ2) is 26.8. The summed E-state index contributed by atoms with van der Waals surface area (Å²) in [6.45, 7) is 17.4. The lowest BCUT2D eigenvalue weighted by Gasteiger charge is -2.29. The highest BCUT2D eigenvalue weighted by Crippen LogP contribution is 2.11. The number of rotatable bonds is 22. The largest absolute Gasteiger partial charge is 0.481 e. The normalized spacial score (nSPS) is 12.5. The van der Waals surface area contributed by atoms with Crippen LogP contribution in [-0.4, -0.2) is 125 Å². The van der Waals surface area contributed by atoms with E-state index in [2.05, 4.69) is 40.2 Å². The standard InChI is InChI=1S/C29H48N8O5.C3H6O2.C2H6/c1-5-8-35(19-27(39)40)10-12-37(13-11-36(20-28(41)42)9-7-22(3)6-2)18-26(38)30-17-24-14-23(4)15-25(16-24)29-33-31-21-32-34-29;1-2-3(4)5;1-2/h14-16,21-22H,5-13,17-20H2,1-4H3,(H,30,38)(H,31,32)(H,33,34)(H,39,40)(H,41,42);2H2,1H3,(H,4,5);1-2H3/t22-;;/m1../s1. The molecule has 15 heteroatoms. The molecule has 0 bridgehead atoms. The Morgan fingerprint density at radius 2 is 1.37 bits per heavy atom. The van der Waals surface area contributed by atoms with Crippen LogP contribution in [0, 0.1) is 12.8 Å². The van der Waals surface area contributed by atoms with Gasteiger partial charge in [-0.3, -0.25) is 44.7 Å². The Balaban J connectivity index is 0.00000300. The summed E-state index contributed by atoms with van der Waals surface area (Å²) in [7, 11) is 0. The van der Waals surface area contributed by atoms with Crippen LogP contribution in [0.2, 0.25) is 0 Å². The molecule has 49 heavy (non-hydrogen) atoms. The lowest BCUT2D eigenvalue weighted by molar-refractivity contribution is -0.139. The first kappa shape index (κ1) is 44.9. The number of carboxylic acid groups (broad SMARTS) is 3. The molecule has 0 saturated carbocycles. The summed E-state index contributed by atoms with van der Waals surface area (Å²) < 4.78 is 0. The molecule has 15 nitrogen and oxygen atoms in total. The van der Waals surface area contributed by atoms with Crippen LogP contribution >= 0.6 is 0 Å². The van der Waals surface area contributed by atoms with Crippen molar-refractivity contribution in [2.45, 2.75) is 80.7 Å². The molecule has 1 amide bonds. The van der Waals surface area contributed by atoms with Gasteiger partial charge in [-0.05, 0) is 56.5 Å². The first-order chi connectivity index (χ1) is 23.4. The van der Waals surface area contributed by atoms with E-state index < -0.39 is 17.9 Å². The van der Waals surface area contributed by atoms with E-state index in [9.17, 15) is 29.4 Å². The molecule has 2 rings (SSSR count). The summed E-state index contributed by atoms with van der Waals surface area (Å²) in [4.78, 5) is 51.1. The van der Waals surface area contributed by atoms with Gasteiger partial charge in [0, 0.05) is 44.7 Å². The van der Waals surface area contributed by atoms with Crippen LogP contribution in [-0.2, 0) is 25.7 Å². The number of aryl methyl sites for hydroxylation is 1. The second-order valence-corrected chi connectivity index (χ2v) is 11.6. The van der Waals surface area contributed by atoms with Crippen LogP contribution in [0.5, 0.6) is 0 Å². The number of amides is 1. The number of carbonyl (C=O) groups excluding carboxylic acids is 1. The van der Waals surface area contributed by atoms with E-state index in [0.717, 1.165) is 36.0 Å². The number of hydrazone groups is 2. The molecule has 0 saturated heterocycles. The molecular weight excluding hydrogens is 632 g/mol. The number of carbonyl (C=O) groups is 4. The van der Waals surface area contributed by atoms with E-state index in [-0.39, 0.29) is 32.0 Å². The molecule has 0 unspecified atom stereocenters. The van der Waals surface area contributed by atoms with Crippen molar-refractivity contribution in [1.29, 1.82) is 0 Å². The molecule has 6 N–H and O–H groups in total. The van der Waals surface area contributed by atoms with Crippen molar-refractivity contribution >= 4 is 36.0 Å². The highest BCUT2D eigenvalue weighted by Gasteiger charge is 2.18. The molecule has 1 aromatic rings. The molecule has 0 fully saturated rings. The third-order valence-corrected chi connectivity index (χ3v) is 7.40. The number of carboxylic acids is 3. The van der Waals surface area contributed by atoms with Gasteiger partial charge in [0.1, 0.15) is 6.34 Å². The van der Waals surface area contributed by atoms with Crippen molar-refractivity contribution < 1.29 is 34.5 Å². The lowest BCUT2D eigenvalue weighted by Crippen LogP contribution is -2.46. The maximum atomic E-state index is 13.1. The number of hydrogen-bond donors (Lipinski definition) is 6. The molecule has 0 aromatic heterocycles. The van der Waals surface area contributed by atoms with Crippen molar-refractivity contribution in [2.24, 2.45) is 16.1 Å². The minimum atomic E-state index is -0.889. The highest BCUT2D eigenvalue weighted by atomic mass is 16.4. The van der Waals surface area contributed by atoms with Crippen molar-refractivity contribution in [3.05, 3.63) is 34.9 Å². The summed E-state index contributed by atoms with van der Waals surface area (Å²) in [6.07, 6.45) is 4.42. The van der Waals surface area contributed by atoms with E-state index in [1.54, 1.807) is 6.92 Å². The van der Waals surface area contributed by atoms with Gasteiger partial charge in [0.25, 0.3) is 0 Å². The average molecular weight is 693 g/mol. The second-order valence-electron chi connectivity index (χ2n) is 11.6. The number of amidine groups is 1. The van der Waals surface area contributed by atoms with Crippen molar-refractivity contribution in [1.82, 2.24) is 30.9 Å². The van der Waals surface area contributed by atoms with Crippen LogP contribution in [0.15, 0.2) is 28.4 Å². The smallest absolute Gasteiger partial charge is 0.317 e. The summed E-state index contributed by atoms with van der Waals surface area (Å²) in [5, 5.41) is 37.6. The van der Waals surface area contributed by atoms with Gasteiger partial charge in [0.15, 0.2) is 5.84 Å². The topological polar surface area (TPSA) is 200 Å². The molecule has 1 aromatic carbocycles. The lowest BCUT2D eigenvalue weighted by atomic mass is 10.1. The van der Waals surface area contributed by atoms with E-state index >= 15 is 0 Å². The van der Waals surface area contributed by atoms with Crippen LogP contribution in [0.4, 0.5) is 0 Å². The fourth-order valence-corrected chi connectivity index (χ4v) is 4.61. The number of aliphatic carboxylic acids is 3. The maximum absolute atomic E-state index is 13.1. The molecule has 0 spiro atoms. The average Bonchev–Trinajstić information content (AvgIpc) is 3.07. The van der Waals surface area contributed by atoms with Gasteiger partial charge in [-0.15, -0.1) is 0 Å². The zero-order valence-electron chi connectivity index (χ0n) is 30.5. The van der Waals surface area contributed by atoms with Crippen molar-refractivity contribution in [3.63, 3.8) is 0 Å². The Labute approximate surface area is 291 Å². The first-order valence-electron chi connectivity index (χ1n) is 17.2. The van der Waals surface area contributed by atoms with E-state index in [1.807, 2.05) is 60.6 Å². The quantitative estimate of drug-likeness (QED) is 0.104. The Bertz CT molecular complexity index is 1200. The predicted octanol–water partition coefficient (Wildman–Crippen LogP) is 2.84. The summed E-state index contributed by atoms with van der Waals surface area (Å²) in [5.74, 6) is -1.60. The van der Waals surface area contributed by atoms with E-state index in [0.29, 0.717) is 57.6 Å². The van der Waals surface area contributed by atoms with E-state index in [4.69, 9.17) is 5.11 Å². The predicted molar refractivity (Wildman–Crippen MR) is 193 cm³/mol. The van der Waals surface area contributed by atoms with E-state index in [1.165, 1.54) is 6.34 Å². The molecule has 0 aliphatic carbocycles. The van der Waals surface area contributed by atoms with Gasteiger partial charge in [-0.1, -0.05) is 59.6 Å². The molecule has 1 aliphatic heterocycles. The Morgan fingerprint density at radius 1 is 0.816 bits per heavy atom. The third-order valence-electron chi connectivity index (χ3n) is 7.40. The molecule has 1 atom stereocenters. The number of nitrogens with one attached hydrogen (secondary N) is 3. The third kappa shape index (κ3) is 22.2.